The van der Waals surface area contributed by atoms with Gasteiger partial charge in [0.1, 0.15) is 17.3 Å². The lowest BCUT2D eigenvalue weighted by atomic mass is 10.1. The normalized spacial score (nSPS) is 12.8. The molecule has 0 N–H and O–H groups in total. The number of benzene rings is 1. The van der Waals surface area contributed by atoms with Gasteiger partial charge in [-0.05, 0) is 37.6 Å². The highest BCUT2D eigenvalue weighted by Gasteiger charge is 2.31. The molecule has 0 fully saturated rings. The first-order chi connectivity index (χ1) is 16.9. The number of hydrogen-bond acceptors (Lipinski definition) is 6. The van der Waals surface area contributed by atoms with Crippen LogP contribution in [0.25, 0.3) is 5.65 Å². The summed E-state index contributed by atoms with van der Waals surface area (Å²) in [6.07, 6.45) is 3.85. The van der Waals surface area contributed by atoms with Crippen LogP contribution < -0.4 is 9.47 Å². The van der Waals surface area contributed by atoms with Crippen molar-refractivity contribution in [3.05, 3.63) is 81.3 Å². The molecule has 0 saturated heterocycles. The molecule has 0 radical (unpaired) electrons. The molecule has 1 aliphatic heterocycles. The number of amides is 1. The van der Waals surface area contributed by atoms with Gasteiger partial charge in [0.2, 0.25) is 0 Å². The highest BCUT2D eigenvalue weighted by Crippen LogP contribution is 2.31. The minimum atomic E-state index is -0.478. The number of nitrogens with zero attached hydrogens (tertiary/aromatic N) is 5. The number of rotatable bonds is 6. The van der Waals surface area contributed by atoms with Crippen molar-refractivity contribution in [2.75, 3.05) is 13.7 Å². The number of aryl methyl sites for hydroxylation is 2. The van der Waals surface area contributed by atoms with Gasteiger partial charge in [-0.25, -0.2) is 13.9 Å². The molecule has 8 nitrogen and oxygen atoms in total. The molecule has 35 heavy (non-hydrogen) atoms. The Morgan fingerprint density at radius 3 is 2.83 bits per heavy atom. The van der Waals surface area contributed by atoms with Crippen LogP contribution in [0, 0.1) is 19.7 Å². The van der Waals surface area contributed by atoms with Gasteiger partial charge in [-0.1, -0.05) is 11.6 Å². The highest BCUT2D eigenvalue weighted by molar-refractivity contribution is 6.31. The molecule has 10 heteroatoms. The summed E-state index contributed by atoms with van der Waals surface area (Å²) in [5.74, 6) is 0.0998. The SMILES string of the molecule is COc1cncc(CCOc2cc(F)ccc2C(=O)N2Cc3nn4c(C)c(Cl)c(C)nc4c3C2)c1. The maximum Gasteiger partial charge on any atom is 0.258 e. The molecule has 0 spiro atoms. The fourth-order valence-electron chi connectivity index (χ4n) is 4.21. The number of halogens is 2. The summed E-state index contributed by atoms with van der Waals surface area (Å²) in [5.41, 5.74) is 5.07. The van der Waals surface area contributed by atoms with Crippen LogP contribution in [0.1, 0.15) is 38.6 Å². The standard InChI is InChI=1S/C25H23ClFN5O3/c1-14-23(26)15(2)32-24(29-14)20-12-31(13-21(20)30-32)25(33)19-5-4-17(27)9-22(19)35-7-6-16-8-18(34-3)11-28-10-16/h4-5,8-11H,6-7,12-13H2,1-3H3. The van der Waals surface area contributed by atoms with Crippen LogP contribution in [0.5, 0.6) is 11.5 Å². The van der Waals surface area contributed by atoms with Crippen molar-refractivity contribution in [1.82, 2.24) is 24.5 Å². The van der Waals surface area contributed by atoms with Crippen LogP contribution in [-0.2, 0) is 19.5 Å². The summed E-state index contributed by atoms with van der Waals surface area (Å²) < 4.78 is 26.8. The number of carbonyl (C=O) groups is 1. The molecule has 0 atom stereocenters. The molecule has 0 saturated carbocycles. The third-order valence-electron chi connectivity index (χ3n) is 6.07. The summed E-state index contributed by atoms with van der Waals surface area (Å²) in [6, 6.07) is 5.81. The quantitative estimate of drug-likeness (QED) is 0.396. The lowest BCUT2D eigenvalue weighted by molar-refractivity contribution is 0.0745. The summed E-state index contributed by atoms with van der Waals surface area (Å²) in [4.78, 5) is 23.8. The molecule has 1 aromatic carbocycles. The van der Waals surface area contributed by atoms with E-state index in [0.717, 1.165) is 22.5 Å². The average molecular weight is 496 g/mol. The van der Waals surface area contributed by atoms with Gasteiger partial charge in [-0.3, -0.25) is 9.78 Å². The zero-order valence-electron chi connectivity index (χ0n) is 19.5. The largest absolute Gasteiger partial charge is 0.495 e. The van der Waals surface area contributed by atoms with Gasteiger partial charge in [0.05, 0.1) is 60.7 Å². The van der Waals surface area contributed by atoms with Gasteiger partial charge in [0.25, 0.3) is 5.91 Å². The van der Waals surface area contributed by atoms with Crippen molar-refractivity contribution in [3.63, 3.8) is 0 Å². The molecular weight excluding hydrogens is 473 g/mol. The summed E-state index contributed by atoms with van der Waals surface area (Å²) in [6.45, 7) is 4.64. The molecule has 0 bridgehead atoms. The zero-order valence-corrected chi connectivity index (χ0v) is 20.3. The summed E-state index contributed by atoms with van der Waals surface area (Å²) in [7, 11) is 1.57. The minimum absolute atomic E-state index is 0.196. The van der Waals surface area contributed by atoms with E-state index in [1.165, 1.54) is 18.2 Å². The van der Waals surface area contributed by atoms with Crippen LogP contribution in [0.4, 0.5) is 4.39 Å². The molecule has 0 unspecified atom stereocenters. The van der Waals surface area contributed by atoms with Gasteiger partial charge in [0.15, 0.2) is 5.65 Å². The second-order valence-corrected chi connectivity index (χ2v) is 8.77. The van der Waals surface area contributed by atoms with Crippen LogP contribution >= 0.6 is 11.6 Å². The van der Waals surface area contributed by atoms with E-state index in [4.69, 9.17) is 21.1 Å². The van der Waals surface area contributed by atoms with Crippen molar-refractivity contribution in [2.45, 2.75) is 33.4 Å². The number of pyridine rings is 1. The smallest absolute Gasteiger partial charge is 0.258 e. The number of hydrogen-bond donors (Lipinski definition) is 0. The van der Waals surface area contributed by atoms with E-state index in [2.05, 4.69) is 15.1 Å². The number of fused-ring (bicyclic) bond motifs is 3. The third kappa shape index (κ3) is 4.27. The second kappa shape index (κ2) is 9.14. The first kappa shape index (κ1) is 23.0. The number of aromatic nitrogens is 4. The van der Waals surface area contributed by atoms with Gasteiger partial charge in [-0.15, -0.1) is 0 Å². The Bertz CT molecular complexity index is 1460. The van der Waals surface area contributed by atoms with E-state index in [9.17, 15) is 9.18 Å². The molecular formula is C25H23ClFN5O3. The van der Waals surface area contributed by atoms with Gasteiger partial charge in [0, 0.05) is 24.2 Å². The van der Waals surface area contributed by atoms with Crippen molar-refractivity contribution in [1.29, 1.82) is 0 Å². The molecule has 4 heterocycles. The molecule has 5 rings (SSSR count). The lowest BCUT2D eigenvalue weighted by Gasteiger charge is -2.18. The molecule has 3 aromatic heterocycles. The Morgan fingerprint density at radius 2 is 2.03 bits per heavy atom. The van der Waals surface area contributed by atoms with Gasteiger partial charge < -0.3 is 14.4 Å². The average Bonchev–Trinajstić information content (AvgIpc) is 3.42. The van der Waals surface area contributed by atoms with Crippen molar-refractivity contribution < 1.29 is 18.7 Å². The van der Waals surface area contributed by atoms with Crippen LogP contribution in [-0.4, -0.2) is 44.1 Å². The Morgan fingerprint density at radius 1 is 1.20 bits per heavy atom. The van der Waals surface area contributed by atoms with Crippen molar-refractivity contribution in [3.8, 4) is 11.5 Å². The van der Waals surface area contributed by atoms with E-state index >= 15 is 0 Å². The maximum atomic E-state index is 14.0. The zero-order chi connectivity index (χ0) is 24.7. The summed E-state index contributed by atoms with van der Waals surface area (Å²) in [5, 5.41) is 5.20. The van der Waals surface area contributed by atoms with Gasteiger partial charge >= 0.3 is 0 Å². The number of ether oxygens (including phenoxy) is 2. The Hall–Kier alpha value is -3.72. The minimum Gasteiger partial charge on any atom is -0.495 e. The predicted molar refractivity (Wildman–Crippen MR) is 127 cm³/mol. The molecule has 1 amide bonds. The van der Waals surface area contributed by atoms with E-state index in [-0.39, 0.29) is 18.3 Å². The predicted octanol–water partition coefficient (Wildman–Crippen LogP) is 4.32. The maximum absolute atomic E-state index is 14.0. The molecule has 180 valence electrons. The monoisotopic (exact) mass is 495 g/mol. The fourth-order valence-corrected chi connectivity index (χ4v) is 4.33. The van der Waals surface area contributed by atoms with Crippen LogP contribution in [0.15, 0.2) is 36.7 Å². The topological polar surface area (TPSA) is 81.9 Å². The van der Waals surface area contributed by atoms with Crippen molar-refractivity contribution in [2.24, 2.45) is 0 Å². The first-order valence-electron chi connectivity index (χ1n) is 11.1. The van der Waals surface area contributed by atoms with E-state index in [1.54, 1.807) is 28.9 Å². The van der Waals surface area contributed by atoms with E-state index < -0.39 is 5.82 Å². The van der Waals surface area contributed by atoms with Gasteiger partial charge in [-0.2, -0.15) is 5.10 Å². The van der Waals surface area contributed by atoms with Crippen LogP contribution in [0.3, 0.4) is 0 Å². The Labute approximate surface area is 206 Å². The Kier molecular flexibility index (Phi) is 6.02. The Balaban J connectivity index is 1.34. The lowest BCUT2D eigenvalue weighted by Crippen LogP contribution is -2.26. The second-order valence-electron chi connectivity index (χ2n) is 8.39. The molecule has 1 aliphatic rings. The molecule has 0 aliphatic carbocycles. The van der Waals surface area contributed by atoms with Crippen LogP contribution in [0.2, 0.25) is 5.02 Å². The van der Waals surface area contributed by atoms with E-state index in [0.29, 0.717) is 47.2 Å². The number of methoxy groups -OCH3 is 1. The third-order valence-corrected chi connectivity index (χ3v) is 6.62. The fraction of sp³-hybridized carbons (Fsp3) is 0.280. The van der Waals surface area contributed by atoms with Crippen molar-refractivity contribution >= 4 is 23.2 Å². The summed E-state index contributed by atoms with van der Waals surface area (Å²) >= 11 is 6.32. The van der Waals surface area contributed by atoms with E-state index in [1.807, 2.05) is 19.9 Å². The molecule has 4 aromatic rings. The highest BCUT2D eigenvalue weighted by atomic mass is 35.5. The first-order valence-corrected chi connectivity index (χ1v) is 11.5. The number of carbonyl (C=O) groups excluding carboxylic acids is 1.